The third kappa shape index (κ3) is 6.19. The Balaban J connectivity index is 2.03. The van der Waals surface area contributed by atoms with Gasteiger partial charge in [-0.3, -0.25) is 13.9 Å². The molecule has 0 aromatic heterocycles. The first kappa shape index (κ1) is 25.8. The van der Waals surface area contributed by atoms with E-state index in [1.807, 2.05) is 30.3 Å². The SMILES string of the molecule is CNC(=O)[C@@H](C)N(Cc1ccccc1)C(=O)CN(c1cccc(OC)c1)S(=O)(=O)c1ccccc1. The van der Waals surface area contributed by atoms with E-state index in [9.17, 15) is 18.0 Å². The number of rotatable bonds is 10. The van der Waals surface area contributed by atoms with Crippen LogP contribution in [0.3, 0.4) is 0 Å². The summed E-state index contributed by atoms with van der Waals surface area (Å²) >= 11 is 0. The minimum absolute atomic E-state index is 0.0459. The Bertz CT molecular complexity index is 1250. The number of nitrogens with one attached hydrogen (secondary N) is 1. The lowest BCUT2D eigenvalue weighted by Gasteiger charge is -2.31. The van der Waals surface area contributed by atoms with E-state index in [1.54, 1.807) is 49.4 Å². The van der Waals surface area contributed by atoms with Gasteiger partial charge in [-0.05, 0) is 36.8 Å². The van der Waals surface area contributed by atoms with E-state index in [-0.39, 0.29) is 23.0 Å². The molecule has 0 spiro atoms. The minimum atomic E-state index is -4.10. The molecule has 1 N–H and O–H groups in total. The monoisotopic (exact) mass is 495 g/mol. The lowest BCUT2D eigenvalue weighted by Crippen LogP contribution is -2.50. The second-order valence-electron chi connectivity index (χ2n) is 7.82. The minimum Gasteiger partial charge on any atom is -0.497 e. The lowest BCUT2D eigenvalue weighted by atomic mass is 10.1. The van der Waals surface area contributed by atoms with Gasteiger partial charge in [-0.15, -0.1) is 0 Å². The van der Waals surface area contributed by atoms with Crippen LogP contribution in [0.2, 0.25) is 0 Å². The molecule has 9 heteroatoms. The van der Waals surface area contributed by atoms with Crippen LogP contribution in [-0.2, 0) is 26.2 Å². The van der Waals surface area contributed by atoms with Crippen molar-refractivity contribution in [3.8, 4) is 5.75 Å². The topological polar surface area (TPSA) is 96.0 Å². The van der Waals surface area contributed by atoms with Crippen molar-refractivity contribution in [2.75, 3.05) is 25.0 Å². The van der Waals surface area contributed by atoms with E-state index in [0.29, 0.717) is 5.75 Å². The fraction of sp³-hybridized carbons (Fsp3) is 0.231. The number of likely N-dealkylation sites (N-methyl/N-ethyl adjacent to an activating group) is 1. The molecular formula is C26H29N3O5S. The molecule has 3 rings (SSSR count). The highest BCUT2D eigenvalue weighted by molar-refractivity contribution is 7.92. The molecule has 0 fully saturated rings. The molecule has 0 saturated heterocycles. The average Bonchev–Trinajstić information content (AvgIpc) is 2.90. The normalized spacial score (nSPS) is 11.9. The largest absolute Gasteiger partial charge is 0.497 e. The molecule has 2 amide bonds. The Kier molecular flexibility index (Phi) is 8.48. The van der Waals surface area contributed by atoms with Crippen LogP contribution in [0.1, 0.15) is 12.5 Å². The molecule has 0 bridgehead atoms. The van der Waals surface area contributed by atoms with Crippen molar-refractivity contribution in [3.63, 3.8) is 0 Å². The van der Waals surface area contributed by atoms with Gasteiger partial charge >= 0.3 is 0 Å². The van der Waals surface area contributed by atoms with Crippen molar-refractivity contribution in [1.29, 1.82) is 0 Å². The number of ether oxygens (including phenoxy) is 1. The average molecular weight is 496 g/mol. The Labute approximate surface area is 206 Å². The molecule has 0 saturated carbocycles. The van der Waals surface area contributed by atoms with Crippen LogP contribution in [0.4, 0.5) is 5.69 Å². The number of hydrogen-bond acceptors (Lipinski definition) is 5. The van der Waals surface area contributed by atoms with Gasteiger partial charge in [0, 0.05) is 19.7 Å². The third-order valence-corrected chi connectivity index (χ3v) is 7.35. The summed E-state index contributed by atoms with van der Waals surface area (Å²) in [6.07, 6.45) is 0. The molecule has 35 heavy (non-hydrogen) atoms. The predicted molar refractivity (Wildman–Crippen MR) is 134 cm³/mol. The smallest absolute Gasteiger partial charge is 0.264 e. The Morgan fingerprint density at radius 3 is 2.17 bits per heavy atom. The second kappa shape index (κ2) is 11.5. The fourth-order valence-electron chi connectivity index (χ4n) is 3.59. The first-order valence-electron chi connectivity index (χ1n) is 11.0. The van der Waals surface area contributed by atoms with Crippen molar-refractivity contribution in [1.82, 2.24) is 10.2 Å². The number of hydrogen-bond donors (Lipinski definition) is 1. The van der Waals surface area contributed by atoms with Gasteiger partial charge in [-0.1, -0.05) is 54.6 Å². The number of anilines is 1. The molecule has 0 aliphatic carbocycles. The summed E-state index contributed by atoms with van der Waals surface area (Å²) in [7, 11) is -1.13. The van der Waals surface area contributed by atoms with E-state index >= 15 is 0 Å². The molecular weight excluding hydrogens is 466 g/mol. The first-order valence-corrected chi connectivity index (χ1v) is 12.5. The Morgan fingerprint density at radius 2 is 1.57 bits per heavy atom. The summed E-state index contributed by atoms with van der Waals surface area (Å²) in [6, 6.07) is 22.8. The standard InChI is InChI=1S/C26H29N3O5S/c1-20(26(31)27-2)28(18-21-11-6-4-7-12-21)25(30)19-29(22-13-10-14-23(17-22)34-3)35(32,33)24-15-8-5-9-16-24/h4-17,20H,18-19H2,1-3H3,(H,27,31)/t20-/m1/s1. The summed E-state index contributed by atoms with van der Waals surface area (Å²) in [5.41, 5.74) is 1.09. The molecule has 3 aromatic carbocycles. The van der Waals surface area contributed by atoms with Gasteiger partial charge in [-0.25, -0.2) is 8.42 Å². The van der Waals surface area contributed by atoms with Crippen LogP contribution < -0.4 is 14.4 Å². The van der Waals surface area contributed by atoms with Crippen LogP contribution in [0, 0.1) is 0 Å². The number of methoxy groups -OCH3 is 1. The van der Waals surface area contributed by atoms with Crippen LogP contribution in [-0.4, -0.2) is 51.9 Å². The maximum absolute atomic E-state index is 13.6. The molecule has 0 aliphatic rings. The molecule has 3 aromatic rings. The number of carbonyl (C=O) groups excluding carboxylic acids is 2. The molecule has 0 heterocycles. The predicted octanol–water partition coefficient (Wildman–Crippen LogP) is 3.05. The zero-order valence-corrected chi connectivity index (χ0v) is 20.7. The summed E-state index contributed by atoms with van der Waals surface area (Å²) in [6.45, 7) is 1.26. The van der Waals surface area contributed by atoms with Gasteiger partial charge in [0.25, 0.3) is 10.0 Å². The third-order valence-electron chi connectivity index (χ3n) is 5.56. The van der Waals surface area contributed by atoms with Gasteiger partial charge in [0.2, 0.25) is 11.8 Å². The summed E-state index contributed by atoms with van der Waals surface area (Å²) in [5, 5.41) is 2.56. The Morgan fingerprint density at radius 1 is 0.943 bits per heavy atom. The van der Waals surface area contributed by atoms with E-state index < -0.39 is 28.5 Å². The van der Waals surface area contributed by atoms with Crippen molar-refractivity contribution in [3.05, 3.63) is 90.5 Å². The van der Waals surface area contributed by atoms with E-state index in [1.165, 1.54) is 31.2 Å². The molecule has 8 nitrogen and oxygen atoms in total. The van der Waals surface area contributed by atoms with Crippen molar-refractivity contribution in [2.45, 2.75) is 24.4 Å². The highest BCUT2D eigenvalue weighted by Gasteiger charge is 2.32. The van der Waals surface area contributed by atoms with Crippen LogP contribution in [0.5, 0.6) is 5.75 Å². The Hall–Kier alpha value is -3.85. The number of sulfonamides is 1. The zero-order valence-electron chi connectivity index (χ0n) is 19.9. The van der Waals surface area contributed by atoms with E-state index in [2.05, 4.69) is 5.32 Å². The van der Waals surface area contributed by atoms with Crippen molar-refractivity contribution < 1.29 is 22.7 Å². The van der Waals surface area contributed by atoms with E-state index in [4.69, 9.17) is 4.74 Å². The number of nitrogens with zero attached hydrogens (tertiary/aromatic N) is 2. The maximum Gasteiger partial charge on any atom is 0.264 e. The van der Waals surface area contributed by atoms with E-state index in [0.717, 1.165) is 9.87 Å². The van der Waals surface area contributed by atoms with Crippen LogP contribution in [0.15, 0.2) is 89.8 Å². The highest BCUT2D eigenvalue weighted by atomic mass is 32.2. The van der Waals surface area contributed by atoms with Gasteiger partial charge in [0.1, 0.15) is 18.3 Å². The summed E-state index contributed by atoms with van der Waals surface area (Å²) < 4.78 is 33.6. The maximum atomic E-state index is 13.6. The van der Waals surface area contributed by atoms with Crippen LogP contribution in [0.25, 0.3) is 0 Å². The van der Waals surface area contributed by atoms with Gasteiger partial charge in [0.05, 0.1) is 17.7 Å². The molecule has 0 aliphatic heterocycles. The molecule has 0 unspecified atom stereocenters. The molecule has 0 radical (unpaired) electrons. The highest BCUT2D eigenvalue weighted by Crippen LogP contribution is 2.27. The zero-order chi connectivity index (χ0) is 25.4. The van der Waals surface area contributed by atoms with Crippen molar-refractivity contribution >= 4 is 27.5 Å². The van der Waals surface area contributed by atoms with Gasteiger partial charge in [0.15, 0.2) is 0 Å². The fourth-order valence-corrected chi connectivity index (χ4v) is 5.01. The quantitative estimate of drug-likeness (QED) is 0.466. The molecule has 1 atom stereocenters. The number of amides is 2. The number of carbonyl (C=O) groups is 2. The van der Waals surface area contributed by atoms with Gasteiger partial charge in [-0.2, -0.15) is 0 Å². The summed E-state index contributed by atoms with van der Waals surface area (Å²) in [4.78, 5) is 27.5. The number of benzene rings is 3. The summed E-state index contributed by atoms with van der Waals surface area (Å²) in [5.74, 6) is -0.427. The molecule has 184 valence electrons. The first-order chi connectivity index (χ1) is 16.8. The van der Waals surface area contributed by atoms with Crippen molar-refractivity contribution in [2.24, 2.45) is 0 Å². The second-order valence-corrected chi connectivity index (χ2v) is 9.69. The van der Waals surface area contributed by atoms with Crippen LogP contribution >= 0.6 is 0 Å². The van der Waals surface area contributed by atoms with Gasteiger partial charge < -0.3 is 15.0 Å². The lowest BCUT2D eigenvalue weighted by molar-refractivity contribution is -0.139.